The Kier molecular flexibility index (Phi) is 4.00. The number of aryl methyl sites for hydroxylation is 2. The monoisotopic (exact) mass is 262 g/mol. The van der Waals surface area contributed by atoms with Gasteiger partial charge in [-0.25, -0.2) is 0 Å². The highest BCUT2D eigenvalue weighted by Gasteiger charge is 2.16. The molecule has 2 N–H and O–H groups in total. The summed E-state index contributed by atoms with van der Waals surface area (Å²) in [6, 6.07) is 4.10. The van der Waals surface area contributed by atoms with E-state index in [1.54, 1.807) is 14.2 Å². The zero-order chi connectivity index (χ0) is 14.0. The van der Waals surface area contributed by atoms with Gasteiger partial charge in [0, 0.05) is 24.7 Å². The van der Waals surface area contributed by atoms with E-state index in [4.69, 9.17) is 15.2 Å². The van der Waals surface area contributed by atoms with Gasteiger partial charge in [0.15, 0.2) is 0 Å². The first-order valence-electron chi connectivity index (χ1n) is 6.53. The molecule has 0 aliphatic heterocycles. The maximum Gasteiger partial charge on any atom is 0.143 e. The average Bonchev–Trinajstić information content (AvgIpc) is 2.73. The van der Waals surface area contributed by atoms with E-state index in [0.717, 1.165) is 35.2 Å². The Morgan fingerprint density at radius 2 is 1.84 bits per heavy atom. The molecular formula is C15H22N2O2. The van der Waals surface area contributed by atoms with Crippen molar-refractivity contribution in [1.82, 2.24) is 4.57 Å². The normalized spacial score (nSPS) is 12.7. The number of ether oxygens (including phenoxy) is 2. The van der Waals surface area contributed by atoms with Gasteiger partial charge < -0.3 is 19.8 Å². The van der Waals surface area contributed by atoms with Gasteiger partial charge >= 0.3 is 0 Å². The average molecular weight is 262 g/mol. The van der Waals surface area contributed by atoms with E-state index in [2.05, 4.69) is 10.8 Å². The van der Waals surface area contributed by atoms with Crippen molar-refractivity contribution >= 4 is 10.9 Å². The van der Waals surface area contributed by atoms with Gasteiger partial charge in [0.1, 0.15) is 11.5 Å². The molecule has 2 aromatic rings. The van der Waals surface area contributed by atoms with Crippen molar-refractivity contribution in [3.05, 3.63) is 23.9 Å². The van der Waals surface area contributed by atoms with Crippen molar-refractivity contribution < 1.29 is 9.47 Å². The van der Waals surface area contributed by atoms with E-state index in [-0.39, 0.29) is 6.04 Å². The minimum atomic E-state index is 0.201. The van der Waals surface area contributed by atoms with Gasteiger partial charge in [-0.15, -0.1) is 0 Å². The van der Waals surface area contributed by atoms with Crippen molar-refractivity contribution in [1.29, 1.82) is 0 Å². The molecule has 0 saturated heterocycles. The van der Waals surface area contributed by atoms with Crippen molar-refractivity contribution in [3.8, 4) is 11.5 Å². The Labute approximate surface area is 114 Å². The summed E-state index contributed by atoms with van der Waals surface area (Å²) < 4.78 is 13.0. The molecule has 0 saturated carbocycles. The van der Waals surface area contributed by atoms with Crippen molar-refractivity contribution in [2.24, 2.45) is 12.8 Å². The van der Waals surface area contributed by atoms with Crippen LogP contribution in [0.2, 0.25) is 0 Å². The largest absolute Gasteiger partial charge is 0.496 e. The van der Waals surface area contributed by atoms with Crippen molar-refractivity contribution in [2.75, 3.05) is 14.2 Å². The standard InChI is InChI=1S/C15H22N2O2/c1-10(16)5-6-11-9-17(2)15-13(19-4)8-7-12(18-3)14(11)15/h7-10H,5-6,16H2,1-4H3. The zero-order valence-corrected chi connectivity index (χ0v) is 12.1. The van der Waals surface area contributed by atoms with Crippen LogP contribution in [-0.4, -0.2) is 24.8 Å². The molecule has 0 aliphatic rings. The number of aromatic nitrogens is 1. The maximum atomic E-state index is 5.86. The van der Waals surface area contributed by atoms with Crippen LogP contribution in [0.3, 0.4) is 0 Å². The SMILES string of the molecule is COc1ccc(OC)c2c1c(CCC(C)N)cn2C. The molecule has 1 heterocycles. The Bertz CT molecular complexity index is 573. The van der Waals surface area contributed by atoms with Gasteiger partial charge in [-0.2, -0.15) is 0 Å². The minimum Gasteiger partial charge on any atom is -0.496 e. The van der Waals surface area contributed by atoms with Crippen LogP contribution in [0.25, 0.3) is 10.9 Å². The van der Waals surface area contributed by atoms with E-state index in [0.29, 0.717) is 0 Å². The van der Waals surface area contributed by atoms with Crippen LogP contribution in [0, 0.1) is 0 Å². The lowest BCUT2D eigenvalue weighted by atomic mass is 10.0. The van der Waals surface area contributed by atoms with Gasteiger partial charge in [-0.1, -0.05) is 0 Å². The molecular weight excluding hydrogens is 240 g/mol. The van der Waals surface area contributed by atoms with Crippen molar-refractivity contribution in [3.63, 3.8) is 0 Å². The molecule has 4 nitrogen and oxygen atoms in total. The third-order valence-electron chi connectivity index (χ3n) is 3.43. The van der Waals surface area contributed by atoms with Crippen LogP contribution in [0.4, 0.5) is 0 Å². The lowest BCUT2D eigenvalue weighted by Gasteiger charge is -2.09. The topological polar surface area (TPSA) is 49.4 Å². The lowest BCUT2D eigenvalue weighted by molar-refractivity contribution is 0.409. The summed E-state index contributed by atoms with van der Waals surface area (Å²) in [6.07, 6.45) is 4.04. The summed E-state index contributed by atoms with van der Waals surface area (Å²) in [4.78, 5) is 0. The third-order valence-corrected chi connectivity index (χ3v) is 3.43. The van der Waals surface area contributed by atoms with E-state index in [1.807, 2.05) is 26.1 Å². The van der Waals surface area contributed by atoms with Gasteiger partial charge in [0.2, 0.25) is 0 Å². The molecule has 1 atom stereocenters. The van der Waals surface area contributed by atoms with Crippen LogP contribution < -0.4 is 15.2 Å². The molecule has 0 bridgehead atoms. The highest BCUT2D eigenvalue weighted by molar-refractivity contribution is 5.94. The fourth-order valence-corrected chi connectivity index (χ4v) is 2.48. The van der Waals surface area contributed by atoms with E-state index in [1.165, 1.54) is 5.56 Å². The third kappa shape index (κ3) is 2.54. The zero-order valence-electron chi connectivity index (χ0n) is 12.1. The quantitative estimate of drug-likeness (QED) is 0.900. The van der Waals surface area contributed by atoms with Crippen LogP contribution in [0.15, 0.2) is 18.3 Å². The molecule has 0 spiro atoms. The molecule has 104 valence electrons. The summed E-state index contributed by atoms with van der Waals surface area (Å²) >= 11 is 0. The maximum absolute atomic E-state index is 5.86. The summed E-state index contributed by atoms with van der Waals surface area (Å²) in [5.74, 6) is 1.75. The smallest absolute Gasteiger partial charge is 0.143 e. The second-order valence-corrected chi connectivity index (χ2v) is 4.97. The van der Waals surface area contributed by atoms with Gasteiger partial charge in [0.25, 0.3) is 0 Å². The Hall–Kier alpha value is -1.68. The number of hydrogen-bond donors (Lipinski definition) is 1. The summed E-state index contributed by atoms with van der Waals surface area (Å²) in [5.41, 5.74) is 8.18. The first kappa shape index (κ1) is 13.7. The number of nitrogens with two attached hydrogens (primary N) is 1. The molecule has 4 heteroatoms. The number of methoxy groups -OCH3 is 2. The van der Waals surface area contributed by atoms with Gasteiger partial charge in [-0.3, -0.25) is 0 Å². The molecule has 1 aromatic heterocycles. The molecule has 1 aromatic carbocycles. The van der Waals surface area contributed by atoms with Crippen LogP contribution >= 0.6 is 0 Å². The first-order valence-corrected chi connectivity index (χ1v) is 6.53. The highest BCUT2D eigenvalue weighted by Crippen LogP contribution is 2.36. The molecule has 0 radical (unpaired) electrons. The molecule has 0 amide bonds. The Morgan fingerprint density at radius 1 is 1.21 bits per heavy atom. The van der Waals surface area contributed by atoms with E-state index in [9.17, 15) is 0 Å². The van der Waals surface area contributed by atoms with Crippen LogP contribution in [0.1, 0.15) is 18.9 Å². The summed E-state index contributed by atoms with van der Waals surface area (Å²) in [6.45, 7) is 2.03. The van der Waals surface area contributed by atoms with Gasteiger partial charge in [-0.05, 0) is 37.5 Å². The number of rotatable bonds is 5. The first-order chi connectivity index (χ1) is 9.08. The fraction of sp³-hybridized carbons (Fsp3) is 0.467. The molecule has 19 heavy (non-hydrogen) atoms. The molecule has 0 fully saturated rings. The predicted molar refractivity (Wildman–Crippen MR) is 78.0 cm³/mol. The van der Waals surface area contributed by atoms with Crippen LogP contribution in [0.5, 0.6) is 11.5 Å². The summed E-state index contributed by atoms with van der Waals surface area (Å²) in [5, 5.41) is 1.13. The number of nitrogens with zero attached hydrogens (tertiary/aromatic N) is 1. The fourth-order valence-electron chi connectivity index (χ4n) is 2.48. The highest BCUT2D eigenvalue weighted by atomic mass is 16.5. The number of benzene rings is 1. The second-order valence-electron chi connectivity index (χ2n) is 4.97. The number of hydrogen-bond acceptors (Lipinski definition) is 3. The Balaban J connectivity index is 2.58. The molecule has 0 aliphatic carbocycles. The Morgan fingerprint density at radius 3 is 2.42 bits per heavy atom. The second kappa shape index (κ2) is 5.53. The van der Waals surface area contributed by atoms with Crippen LogP contribution in [-0.2, 0) is 13.5 Å². The minimum absolute atomic E-state index is 0.201. The molecule has 2 rings (SSSR count). The molecule has 1 unspecified atom stereocenters. The predicted octanol–water partition coefficient (Wildman–Crippen LogP) is 2.48. The number of fused-ring (bicyclic) bond motifs is 1. The van der Waals surface area contributed by atoms with E-state index < -0.39 is 0 Å². The lowest BCUT2D eigenvalue weighted by Crippen LogP contribution is -2.15. The van der Waals surface area contributed by atoms with Gasteiger partial charge in [0.05, 0.1) is 19.7 Å². The van der Waals surface area contributed by atoms with E-state index >= 15 is 0 Å². The van der Waals surface area contributed by atoms with Crippen molar-refractivity contribution in [2.45, 2.75) is 25.8 Å². The summed E-state index contributed by atoms with van der Waals surface area (Å²) in [7, 11) is 5.42.